The molecule has 4 aromatic rings. The molecule has 0 saturated carbocycles. The Labute approximate surface area is 163 Å². The predicted molar refractivity (Wildman–Crippen MR) is 105 cm³/mol. The van der Waals surface area contributed by atoms with Gasteiger partial charge in [0, 0.05) is 20.7 Å². The van der Waals surface area contributed by atoms with Crippen LogP contribution in [0.25, 0.3) is 21.5 Å². The highest BCUT2D eigenvalue weighted by molar-refractivity contribution is 7.17. The van der Waals surface area contributed by atoms with Gasteiger partial charge in [-0.1, -0.05) is 29.8 Å². The molecule has 0 amide bonds. The first-order valence-corrected chi connectivity index (χ1v) is 9.42. The van der Waals surface area contributed by atoms with Crippen LogP contribution < -0.4 is 0 Å². The molecule has 136 valence electrons. The first-order chi connectivity index (χ1) is 13.0. The van der Waals surface area contributed by atoms with Crippen molar-refractivity contribution in [2.45, 2.75) is 13.5 Å². The molecule has 0 aliphatic carbocycles. The molecule has 2 aromatic heterocycles. The number of imidazole rings is 1. The molecule has 0 saturated heterocycles. The zero-order valence-electron chi connectivity index (χ0n) is 14.2. The summed E-state index contributed by atoms with van der Waals surface area (Å²) in [5.41, 5.74) is 1.89. The van der Waals surface area contributed by atoms with Gasteiger partial charge in [-0.25, -0.2) is 14.2 Å². The lowest BCUT2D eigenvalue weighted by molar-refractivity contribution is 0.0685. The van der Waals surface area contributed by atoms with Gasteiger partial charge >= 0.3 is 5.97 Å². The Kier molecular flexibility index (Phi) is 4.45. The third-order valence-corrected chi connectivity index (χ3v) is 5.69. The molecule has 0 fully saturated rings. The third-order valence-electron chi connectivity index (χ3n) is 4.38. The van der Waals surface area contributed by atoms with Crippen molar-refractivity contribution in [3.8, 4) is 11.4 Å². The van der Waals surface area contributed by atoms with E-state index < -0.39 is 11.8 Å². The number of carboxylic acid groups (broad SMARTS) is 1. The van der Waals surface area contributed by atoms with Crippen molar-refractivity contribution < 1.29 is 14.3 Å². The summed E-state index contributed by atoms with van der Waals surface area (Å²) in [6.45, 7) is 1.92. The van der Waals surface area contributed by atoms with Crippen LogP contribution in [0.5, 0.6) is 0 Å². The normalized spacial score (nSPS) is 11.2. The molecule has 0 aliphatic heterocycles. The standard InChI is InChI=1S/C20H14ClFN2O2S/c1-11-18(20(25)26)24(19(23-11)12-4-2-5-14(22)8-12)9-13-10-27-16-7-3-6-15(21)17(13)16/h2-8,10H,9H2,1H3,(H,25,26). The van der Waals surface area contributed by atoms with E-state index in [9.17, 15) is 14.3 Å². The van der Waals surface area contributed by atoms with Crippen molar-refractivity contribution in [2.75, 3.05) is 0 Å². The molecule has 0 atom stereocenters. The van der Waals surface area contributed by atoms with E-state index in [2.05, 4.69) is 4.98 Å². The average Bonchev–Trinajstić information content (AvgIpc) is 3.17. The number of fused-ring (bicyclic) bond motifs is 1. The van der Waals surface area contributed by atoms with E-state index in [0.717, 1.165) is 15.6 Å². The van der Waals surface area contributed by atoms with Crippen molar-refractivity contribution in [2.24, 2.45) is 0 Å². The van der Waals surface area contributed by atoms with Gasteiger partial charge in [0.15, 0.2) is 5.69 Å². The van der Waals surface area contributed by atoms with Crippen molar-refractivity contribution in [3.63, 3.8) is 0 Å². The van der Waals surface area contributed by atoms with E-state index in [0.29, 0.717) is 22.1 Å². The Hall–Kier alpha value is -2.70. The second kappa shape index (κ2) is 6.79. The molecular weight excluding hydrogens is 387 g/mol. The van der Waals surface area contributed by atoms with Crippen LogP contribution in [0.15, 0.2) is 47.8 Å². The molecule has 4 rings (SSSR count). The summed E-state index contributed by atoms with van der Waals surface area (Å²) in [6.07, 6.45) is 0. The summed E-state index contributed by atoms with van der Waals surface area (Å²) < 4.78 is 16.4. The summed E-state index contributed by atoms with van der Waals surface area (Å²) in [4.78, 5) is 16.3. The lowest BCUT2D eigenvalue weighted by atomic mass is 10.1. The first-order valence-electron chi connectivity index (χ1n) is 8.16. The van der Waals surface area contributed by atoms with Crippen molar-refractivity contribution in [1.29, 1.82) is 0 Å². The van der Waals surface area contributed by atoms with E-state index in [1.54, 1.807) is 35.0 Å². The summed E-state index contributed by atoms with van der Waals surface area (Å²) in [5, 5.41) is 13.2. The number of thiophene rings is 1. The van der Waals surface area contributed by atoms with Crippen LogP contribution in [0.1, 0.15) is 21.7 Å². The molecule has 0 unspecified atom stereocenters. The van der Waals surface area contributed by atoms with Crippen LogP contribution >= 0.6 is 22.9 Å². The molecule has 0 spiro atoms. The molecule has 0 bridgehead atoms. The minimum absolute atomic E-state index is 0.0839. The third kappa shape index (κ3) is 3.11. The summed E-state index contributed by atoms with van der Waals surface area (Å²) >= 11 is 7.92. The molecule has 1 N–H and O–H groups in total. The quantitative estimate of drug-likeness (QED) is 0.484. The zero-order chi connectivity index (χ0) is 19.1. The van der Waals surface area contributed by atoms with Crippen molar-refractivity contribution in [1.82, 2.24) is 9.55 Å². The van der Waals surface area contributed by atoms with Crippen molar-refractivity contribution >= 4 is 39.0 Å². The summed E-state index contributed by atoms with van der Waals surface area (Å²) in [5.74, 6) is -1.07. The first kappa shape index (κ1) is 17.7. The maximum absolute atomic E-state index is 13.7. The van der Waals surface area contributed by atoms with Gasteiger partial charge in [0.25, 0.3) is 0 Å². The van der Waals surface area contributed by atoms with Crippen LogP contribution in [-0.4, -0.2) is 20.6 Å². The number of aromatic nitrogens is 2. The number of aryl methyl sites for hydroxylation is 1. The van der Waals surface area contributed by atoms with E-state index in [-0.39, 0.29) is 12.2 Å². The fraction of sp³-hybridized carbons (Fsp3) is 0.100. The maximum Gasteiger partial charge on any atom is 0.354 e. The highest BCUT2D eigenvalue weighted by Crippen LogP contribution is 2.34. The van der Waals surface area contributed by atoms with Gasteiger partial charge in [-0.2, -0.15) is 0 Å². The summed E-state index contributed by atoms with van der Waals surface area (Å²) in [7, 11) is 0. The van der Waals surface area contributed by atoms with Crippen LogP contribution in [0.4, 0.5) is 4.39 Å². The topological polar surface area (TPSA) is 55.1 Å². The lowest BCUT2D eigenvalue weighted by Crippen LogP contribution is -2.11. The van der Waals surface area contributed by atoms with E-state index >= 15 is 0 Å². The Bertz CT molecular complexity index is 1180. The SMILES string of the molecule is Cc1nc(-c2cccc(F)c2)n(Cc2csc3cccc(Cl)c23)c1C(=O)O. The molecular formula is C20H14ClFN2O2S. The minimum atomic E-state index is -1.08. The number of aromatic carboxylic acids is 1. The van der Waals surface area contributed by atoms with Gasteiger partial charge in [-0.3, -0.25) is 0 Å². The van der Waals surface area contributed by atoms with Crippen LogP contribution in [0, 0.1) is 12.7 Å². The monoisotopic (exact) mass is 400 g/mol. The fourth-order valence-corrected chi connectivity index (χ4v) is 4.57. The smallest absolute Gasteiger partial charge is 0.354 e. The van der Waals surface area contributed by atoms with Crippen LogP contribution in [-0.2, 0) is 6.54 Å². The van der Waals surface area contributed by atoms with Gasteiger partial charge in [-0.05, 0) is 42.1 Å². The molecule has 7 heteroatoms. The molecule has 2 aromatic carbocycles. The molecule has 0 radical (unpaired) electrons. The van der Waals surface area contributed by atoms with E-state index in [1.807, 2.05) is 23.6 Å². The number of halogens is 2. The van der Waals surface area contributed by atoms with Gasteiger partial charge < -0.3 is 9.67 Å². The van der Waals surface area contributed by atoms with Crippen LogP contribution in [0.3, 0.4) is 0 Å². The Balaban J connectivity index is 1.92. The lowest BCUT2D eigenvalue weighted by Gasteiger charge is -2.11. The molecule has 27 heavy (non-hydrogen) atoms. The second-order valence-corrected chi connectivity index (χ2v) is 7.46. The Morgan fingerprint density at radius 3 is 2.81 bits per heavy atom. The number of nitrogens with zero attached hydrogens (tertiary/aromatic N) is 2. The largest absolute Gasteiger partial charge is 0.477 e. The highest BCUT2D eigenvalue weighted by Gasteiger charge is 2.22. The number of hydrogen-bond donors (Lipinski definition) is 1. The minimum Gasteiger partial charge on any atom is -0.477 e. The number of carboxylic acids is 1. The molecule has 4 nitrogen and oxygen atoms in total. The van der Waals surface area contributed by atoms with Gasteiger partial charge in [0.05, 0.1) is 12.2 Å². The second-order valence-electron chi connectivity index (χ2n) is 6.14. The molecule has 2 heterocycles. The van der Waals surface area contributed by atoms with Gasteiger partial charge in [-0.15, -0.1) is 11.3 Å². The number of rotatable bonds is 4. The van der Waals surface area contributed by atoms with Gasteiger partial charge in [0.2, 0.25) is 0 Å². The Morgan fingerprint density at radius 1 is 1.30 bits per heavy atom. The average molecular weight is 401 g/mol. The number of hydrogen-bond acceptors (Lipinski definition) is 3. The number of benzene rings is 2. The van der Waals surface area contributed by atoms with Crippen LogP contribution in [0.2, 0.25) is 5.02 Å². The molecule has 0 aliphatic rings. The zero-order valence-corrected chi connectivity index (χ0v) is 15.8. The summed E-state index contributed by atoms with van der Waals surface area (Å²) in [6, 6.07) is 11.6. The number of carbonyl (C=O) groups is 1. The fourth-order valence-electron chi connectivity index (χ4n) is 3.24. The Morgan fingerprint density at radius 2 is 2.07 bits per heavy atom. The maximum atomic E-state index is 13.7. The highest BCUT2D eigenvalue weighted by atomic mass is 35.5. The van der Waals surface area contributed by atoms with Crippen molar-refractivity contribution in [3.05, 3.63) is 75.6 Å². The predicted octanol–water partition coefficient (Wildman–Crippen LogP) is 5.61. The van der Waals surface area contributed by atoms with E-state index in [4.69, 9.17) is 11.6 Å². The van der Waals surface area contributed by atoms with Gasteiger partial charge in [0.1, 0.15) is 11.6 Å². The van der Waals surface area contributed by atoms with E-state index in [1.165, 1.54) is 12.1 Å².